The van der Waals surface area contributed by atoms with Crippen molar-refractivity contribution >= 4 is 11.7 Å². The van der Waals surface area contributed by atoms with Crippen molar-refractivity contribution in [2.75, 3.05) is 18.5 Å². The number of carboxylic acids is 1. The Bertz CT molecular complexity index is 480. The zero-order valence-electron chi connectivity index (χ0n) is 9.25. The van der Waals surface area contributed by atoms with E-state index in [0.717, 1.165) is 0 Å². The van der Waals surface area contributed by atoms with Crippen LogP contribution in [0.4, 0.5) is 23.2 Å². The van der Waals surface area contributed by atoms with Crippen molar-refractivity contribution in [2.45, 2.75) is 6.10 Å². The van der Waals surface area contributed by atoms with Crippen molar-refractivity contribution in [1.29, 1.82) is 0 Å². The van der Waals surface area contributed by atoms with Crippen LogP contribution in [0.5, 0.6) is 0 Å². The van der Waals surface area contributed by atoms with Gasteiger partial charge in [0.15, 0.2) is 23.3 Å². The summed E-state index contributed by atoms with van der Waals surface area (Å²) in [7, 11) is 0. The largest absolute Gasteiger partial charge is 0.477 e. The molecule has 1 rings (SSSR count). The van der Waals surface area contributed by atoms with Crippen LogP contribution in [-0.2, 0) is 0 Å². The van der Waals surface area contributed by atoms with Crippen LogP contribution in [0.1, 0.15) is 10.4 Å². The van der Waals surface area contributed by atoms with Gasteiger partial charge in [-0.25, -0.2) is 22.4 Å². The fourth-order valence-electron chi connectivity index (χ4n) is 1.26. The van der Waals surface area contributed by atoms with Gasteiger partial charge in [0.05, 0.1) is 12.7 Å². The van der Waals surface area contributed by atoms with E-state index in [9.17, 15) is 22.4 Å². The van der Waals surface area contributed by atoms with E-state index >= 15 is 0 Å². The first kappa shape index (κ1) is 15.2. The van der Waals surface area contributed by atoms with Gasteiger partial charge in [-0.1, -0.05) is 0 Å². The van der Waals surface area contributed by atoms with Crippen molar-refractivity contribution in [3.8, 4) is 0 Å². The Kier molecular flexibility index (Phi) is 4.67. The minimum atomic E-state index is -2.16. The molecule has 0 radical (unpaired) electrons. The molecule has 0 amide bonds. The minimum Gasteiger partial charge on any atom is -0.477 e. The molecule has 0 bridgehead atoms. The highest BCUT2D eigenvalue weighted by molar-refractivity contribution is 5.89. The Labute approximate surface area is 104 Å². The lowest BCUT2D eigenvalue weighted by molar-refractivity contribution is 0.0683. The number of carbonyl (C=O) groups is 1. The summed E-state index contributed by atoms with van der Waals surface area (Å²) < 4.78 is 53.2. The van der Waals surface area contributed by atoms with Crippen molar-refractivity contribution in [3.63, 3.8) is 0 Å². The zero-order valence-corrected chi connectivity index (χ0v) is 9.25. The standard InChI is InChI=1S/C10H9F4NO4/c11-5-4(10(18)19)6(12)8(14)9(7(5)13)15-1-3(17)2-16/h3,15-17H,1-2H2,(H,18,19). The van der Waals surface area contributed by atoms with Crippen molar-refractivity contribution in [2.24, 2.45) is 0 Å². The third kappa shape index (κ3) is 2.93. The van der Waals surface area contributed by atoms with Gasteiger partial charge in [0.2, 0.25) is 0 Å². The van der Waals surface area contributed by atoms with E-state index in [0.29, 0.717) is 0 Å². The van der Waals surface area contributed by atoms with Crippen LogP contribution in [0.2, 0.25) is 0 Å². The average molecular weight is 283 g/mol. The van der Waals surface area contributed by atoms with Gasteiger partial charge in [0, 0.05) is 6.54 Å². The molecular formula is C10H9F4NO4. The van der Waals surface area contributed by atoms with Crippen LogP contribution < -0.4 is 5.32 Å². The predicted molar refractivity (Wildman–Crippen MR) is 54.8 cm³/mol. The molecule has 5 nitrogen and oxygen atoms in total. The number of carboxylic acid groups (broad SMARTS) is 1. The molecule has 19 heavy (non-hydrogen) atoms. The van der Waals surface area contributed by atoms with Crippen molar-refractivity contribution < 1.29 is 37.7 Å². The Hall–Kier alpha value is -1.87. The molecule has 0 spiro atoms. The van der Waals surface area contributed by atoms with Gasteiger partial charge in [-0.2, -0.15) is 0 Å². The molecule has 0 heterocycles. The molecule has 1 aromatic rings. The molecule has 0 aliphatic rings. The van der Waals surface area contributed by atoms with Gasteiger partial charge in [-0.05, 0) is 0 Å². The Morgan fingerprint density at radius 2 is 1.58 bits per heavy atom. The fraction of sp³-hybridized carbons (Fsp3) is 0.300. The maximum absolute atomic E-state index is 13.4. The first-order chi connectivity index (χ1) is 8.81. The van der Waals surface area contributed by atoms with Gasteiger partial charge in [-0.15, -0.1) is 0 Å². The van der Waals surface area contributed by atoms with Crippen LogP contribution in [0.3, 0.4) is 0 Å². The SMILES string of the molecule is O=C(O)c1c(F)c(F)c(NCC(O)CO)c(F)c1F. The van der Waals surface area contributed by atoms with Gasteiger partial charge in [-0.3, -0.25) is 0 Å². The molecule has 0 fully saturated rings. The Balaban J connectivity index is 3.24. The molecule has 0 aromatic heterocycles. The number of aliphatic hydroxyl groups excluding tert-OH is 2. The lowest BCUT2D eigenvalue weighted by atomic mass is 10.1. The number of benzene rings is 1. The molecule has 0 saturated carbocycles. The van der Waals surface area contributed by atoms with Crippen LogP contribution in [-0.4, -0.2) is 40.5 Å². The highest BCUT2D eigenvalue weighted by Crippen LogP contribution is 2.28. The number of aromatic carboxylic acids is 1. The lowest BCUT2D eigenvalue weighted by Gasteiger charge is -2.13. The lowest BCUT2D eigenvalue weighted by Crippen LogP contribution is -2.24. The molecule has 0 saturated heterocycles. The van der Waals surface area contributed by atoms with Crippen LogP contribution in [0, 0.1) is 23.3 Å². The summed E-state index contributed by atoms with van der Waals surface area (Å²) in [6.07, 6.45) is -1.41. The average Bonchev–Trinajstić information content (AvgIpc) is 2.35. The predicted octanol–water partition coefficient (Wildman–Crippen LogP) is 0.706. The summed E-state index contributed by atoms with van der Waals surface area (Å²) in [4.78, 5) is 10.5. The highest BCUT2D eigenvalue weighted by Gasteiger charge is 2.29. The summed E-state index contributed by atoms with van der Waals surface area (Å²) in [5.74, 6) is -10.1. The number of nitrogens with one attached hydrogen (secondary N) is 1. The topological polar surface area (TPSA) is 89.8 Å². The van der Waals surface area contributed by atoms with Crippen molar-refractivity contribution in [3.05, 3.63) is 28.8 Å². The summed E-state index contributed by atoms with van der Waals surface area (Å²) in [5, 5.41) is 27.7. The van der Waals surface area contributed by atoms with Gasteiger partial charge >= 0.3 is 5.97 Å². The Morgan fingerprint density at radius 3 is 1.95 bits per heavy atom. The summed E-state index contributed by atoms with van der Waals surface area (Å²) in [5.41, 5.74) is -3.00. The summed E-state index contributed by atoms with van der Waals surface area (Å²) >= 11 is 0. The molecule has 1 aromatic carbocycles. The first-order valence-corrected chi connectivity index (χ1v) is 4.93. The summed E-state index contributed by atoms with van der Waals surface area (Å²) in [6.45, 7) is -1.33. The number of hydrogen-bond acceptors (Lipinski definition) is 4. The second-order valence-corrected chi connectivity index (χ2v) is 3.53. The molecule has 4 N–H and O–H groups in total. The molecule has 0 aliphatic carbocycles. The molecule has 0 aliphatic heterocycles. The second-order valence-electron chi connectivity index (χ2n) is 3.53. The molecule has 1 unspecified atom stereocenters. The van der Waals surface area contributed by atoms with E-state index in [4.69, 9.17) is 15.3 Å². The maximum Gasteiger partial charge on any atom is 0.341 e. The summed E-state index contributed by atoms with van der Waals surface area (Å²) in [6, 6.07) is 0. The normalized spacial score (nSPS) is 12.3. The number of rotatable bonds is 5. The van der Waals surface area contributed by atoms with Gasteiger partial charge in [0.1, 0.15) is 11.3 Å². The van der Waals surface area contributed by atoms with Crippen molar-refractivity contribution in [1.82, 2.24) is 0 Å². The van der Waals surface area contributed by atoms with E-state index in [1.54, 1.807) is 0 Å². The molecule has 9 heteroatoms. The molecule has 1 atom stereocenters. The molecular weight excluding hydrogens is 274 g/mol. The zero-order chi connectivity index (χ0) is 14.7. The van der Waals surface area contributed by atoms with Crippen LogP contribution >= 0.6 is 0 Å². The van der Waals surface area contributed by atoms with E-state index < -0.39 is 59.7 Å². The quantitative estimate of drug-likeness (QED) is 0.472. The molecule has 106 valence electrons. The van der Waals surface area contributed by atoms with Gasteiger partial charge in [0.25, 0.3) is 0 Å². The number of anilines is 1. The van der Waals surface area contributed by atoms with E-state index in [-0.39, 0.29) is 0 Å². The number of aliphatic hydroxyl groups is 2. The third-order valence-corrected chi connectivity index (χ3v) is 2.20. The third-order valence-electron chi connectivity index (χ3n) is 2.20. The van der Waals surface area contributed by atoms with Crippen LogP contribution in [0.25, 0.3) is 0 Å². The maximum atomic E-state index is 13.4. The smallest absolute Gasteiger partial charge is 0.341 e. The Morgan fingerprint density at radius 1 is 1.11 bits per heavy atom. The number of hydrogen-bond donors (Lipinski definition) is 4. The van der Waals surface area contributed by atoms with E-state index in [1.165, 1.54) is 0 Å². The second kappa shape index (κ2) is 5.85. The minimum absolute atomic E-state index is 0.588. The van der Waals surface area contributed by atoms with Crippen LogP contribution in [0.15, 0.2) is 0 Å². The highest BCUT2D eigenvalue weighted by atomic mass is 19.2. The van der Waals surface area contributed by atoms with E-state index in [2.05, 4.69) is 0 Å². The van der Waals surface area contributed by atoms with Gasteiger partial charge < -0.3 is 20.6 Å². The first-order valence-electron chi connectivity index (χ1n) is 4.93. The fourth-order valence-corrected chi connectivity index (χ4v) is 1.26. The monoisotopic (exact) mass is 283 g/mol. The van der Waals surface area contributed by atoms with E-state index in [1.807, 2.05) is 5.32 Å². The number of halogens is 4.